The van der Waals surface area contributed by atoms with E-state index in [0.717, 1.165) is 27.0 Å². The highest BCUT2D eigenvalue weighted by atomic mass is 79.9. The van der Waals surface area contributed by atoms with Crippen LogP contribution in [0.2, 0.25) is 0 Å². The fraction of sp³-hybridized carbons (Fsp3) is 0.143. The van der Waals surface area contributed by atoms with E-state index in [1.165, 1.54) is 0 Å². The lowest BCUT2D eigenvalue weighted by molar-refractivity contribution is 0.416. The molecule has 0 aliphatic carbocycles. The number of methoxy groups -OCH3 is 1. The molecule has 0 heterocycles. The number of nitrogens with one attached hydrogen (secondary N) is 1. The Labute approximate surface area is 110 Å². The third-order valence-electron chi connectivity index (χ3n) is 2.65. The van der Waals surface area contributed by atoms with Crippen LogP contribution in [-0.4, -0.2) is 14.2 Å². The summed E-state index contributed by atoms with van der Waals surface area (Å²) in [7, 11) is 3.60. The van der Waals surface area contributed by atoms with Gasteiger partial charge in [-0.25, -0.2) is 0 Å². The number of hydrogen-bond acceptors (Lipinski definition) is 2. The highest BCUT2D eigenvalue weighted by Crippen LogP contribution is 2.33. The van der Waals surface area contributed by atoms with Gasteiger partial charge in [0.25, 0.3) is 0 Å². The Morgan fingerprint density at radius 1 is 1.06 bits per heavy atom. The molecule has 3 heteroatoms. The minimum absolute atomic E-state index is 0.880. The van der Waals surface area contributed by atoms with Gasteiger partial charge in [0, 0.05) is 22.8 Å². The van der Waals surface area contributed by atoms with Crippen LogP contribution in [-0.2, 0) is 0 Å². The van der Waals surface area contributed by atoms with Gasteiger partial charge in [-0.1, -0.05) is 28.1 Å². The second-order valence-electron chi connectivity index (χ2n) is 3.67. The largest absolute Gasteiger partial charge is 0.496 e. The number of ether oxygens (including phenoxy) is 1. The summed E-state index contributed by atoms with van der Waals surface area (Å²) in [6, 6.07) is 14.3. The van der Waals surface area contributed by atoms with Crippen molar-refractivity contribution in [1.82, 2.24) is 0 Å². The molecule has 88 valence electrons. The number of benzene rings is 2. The Hall–Kier alpha value is -1.48. The fourth-order valence-electron chi connectivity index (χ4n) is 1.72. The standard InChI is InChI=1S/C14H14BrNO/c1-16-12-6-3-10(4-7-12)13-9-11(15)5-8-14(13)17-2/h3-9,16H,1-2H3. The zero-order valence-corrected chi connectivity index (χ0v) is 11.4. The van der Waals surface area contributed by atoms with Crippen molar-refractivity contribution in [2.24, 2.45) is 0 Å². The third kappa shape index (κ3) is 2.61. The highest BCUT2D eigenvalue weighted by molar-refractivity contribution is 9.10. The first kappa shape index (κ1) is 12.0. The number of anilines is 1. The Bertz CT molecular complexity index is 508. The van der Waals surface area contributed by atoms with Gasteiger partial charge in [-0.2, -0.15) is 0 Å². The molecule has 0 amide bonds. The molecule has 2 aromatic carbocycles. The van der Waals surface area contributed by atoms with E-state index in [0.29, 0.717) is 0 Å². The summed E-state index contributed by atoms with van der Waals surface area (Å²) in [5.41, 5.74) is 3.33. The lowest BCUT2D eigenvalue weighted by atomic mass is 10.0. The van der Waals surface area contributed by atoms with Gasteiger partial charge in [-0.05, 0) is 35.9 Å². The molecule has 0 saturated heterocycles. The SMILES string of the molecule is CNc1ccc(-c2cc(Br)ccc2OC)cc1. The third-order valence-corrected chi connectivity index (χ3v) is 3.14. The van der Waals surface area contributed by atoms with Gasteiger partial charge in [-0.3, -0.25) is 0 Å². The Morgan fingerprint density at radius 2 is 1.76 bits per heavy atom. The molecule has 2 nitrogen and oxygen atoms in total. The molecule has 0 bridgehead atoms. The highest BCUT2D eigenvalue weighted by Gasteiger charge is 2.06. The molecular formula is C14H14BrNO. The van der Waals surface area contributed by atoms with E-state index in [4.69, 9.17) is 4.74 Å². The van der Waals surface area contributed by atoms with Crippen molar-refractivity contribution in [2.45, 2.75) is 0 Å². The van der Waals surface area contributed by atoms with Gasteiger partial charge in [-0.15, -0.1) is 0 Å². The topological polar surface area (TPSA) is 21.3 Å². The van der Waals surface area contributed by atoms with Gasteiger partial charge in [0.2, 0.25) is 0 Å². The van der Waals surface area contributed by atoms with E-state index in [1.807, 2.05) is 19.2 Å². The van der Waals surface area contributed by atoms with Gasteiger partial charge >= 0.3 is 0 Å². The maximum Gasteiger partial charge on any atom is 0.126 e. The summed E-state index contributed by atoms with van der Waals surface area (Å²) in [6.45, 7) is 0. The smallest absolute Gasteiger partial charge is 0.126 e. The van der Waals surface area contributed by atoms with Crippen molar-refractivity contribution in [2.75, 3.05) is 19.5 Å². The molecule has 0 spiro atoms. The maximum absolute atomic E-state index is 5.37. The zero-order valence-electron chi connectivity index (χ0n) is 9.83. The molecule has 2 rings (SSSR count). The molecule has 2 aromatic rings. The molecule has 0 aliphatic heterocycles. The predicted molar refractivity (Wildman–Crippen MR) is 75.7 cm³/mol. The summed E-state index contributed by atoms with van der Waals surface area (Å²) in [6.07, 6.45) is 0. The summed E-state index contributed by atoms with van der Waals surface area (Å²) in [4.78, 5) is 0. The van der Waals surface area contributed by atoms with Crippen LogP contribution in [0.5, 0.6) is 5.75 Å². The fourth-order valence-corrected chi connectivity index (χ4v) is 2.08. The number of halogens is 1. The van der Waals surface area contributed by atoms with Gasteiger partial charge in [0.15, 0.2) is 0 Å². The van der Waals surface area contributed by atoms with E-state index in [1.54, 1.807) is 7.11 Å². The average molecular weight is 292 g/mol. The summed E-state index contributed by atoms with van der Waals surface area (Å²) >= 11 is 3.48. The molecule has 0 aliphatic rings. The normalized spacial score (nSPS) is 10.1. The Kier molecular flexibility index (Phi) is 3.69. The first-order valence-electron chi connectivity index (χ1n) is 5.36. The van der Waals surface area contributed by atoms with Crippen molar-refractivity contribution < 1.29 is 4.74 Å². The van der Waals surface area contributed by atoms with Crippen molar-refractivity contribution in [3.8, 4) is 16.9 Å². The lowest BCUT2D eigenvalue weighted by Crippen LogP contribution is -1.89. The molecule has 0 saturated carbocycles. The molecule has 0 aromatic heterocycles. The van der Waals surface area contributed by atoms with E-state index < -0.39 is 0 Å². The van der Waals surface area contributed by atoms with Crippen molar-refractivity contribution in [3.05, 3.63) is 46.9 Å². The van der Waals surface area contributed by atoms with E-state index >= 15 is 0 Å². The second-order valence-corrected chi connectivity index (χ2v) is 4.59. The molecular weight excluding hydrogens is 278 g/mol. The quantitative estimate of drug-likeness (QED) is 0.917. The van der Waals surface area contributed by atoms with Gasteiger partial charge < -0.3 is 10.1 Å². The van der Waals surface area contributed by atoms with Crippen LogP contribution < -0.4 is 10.1 Å². The molecule has 0 fully saturated rings. The van der Waals surface area contributed by atoms with Crippen LogP contribution in [0.3, 0.4) is 0 Å². The Balaban J connectivity index is 2.47. The van der Waals surface area contributed by atoms with E-state index in [2.05, 4.69) is 51.6 Å². The Morgan fingerprint density at radius 3 is 2.35 bits per heavy atom. The summed E-state index contributed by atoms with van der Waals surface area (Å²) in [5, 5.41) is 3.11. The van der Waals surface area contributed by atoms with Crippen LogP contribution in [0.15, 0.2) is 46.9 Å². The van der Waals surface area contributed by atoms with Crippen molar-refractivity contribution in [1.29, 1.82) is 0 Å². The lowest BCUT2D eigenvalue weighted by Gasteiger charge is -2.10. The molecule has 17 heavy (non-hydrogen) atoms. The number of hydrogen-bond donors (Lipinski definition) is 1. The minimum Gasteiger partial charge on any atom is -0.496 e. The van der Waals surface area contributed by atoms with Crippen LogP contribution >= 0.6 is 15.9 Å². The first-order chi connectivity index (χ1) is 8.24. The van der Waals surface area contributed by atoms with Gasteiger partial charge in [0.1, 0.15) is 5.75 Å². The molecule has 0 radical (unpaired) electrons. The first-order valence-corrected chi connectivity index (χ1v) is 6.15. The van der Waals surface area contributed by atoms with E-state index in [9.17, 15) is 0 Å². The predicted octanol–water partition coefficient (Wildman–Crippen LogP) is 4.17. The van der Waals surface area contributed by atoms with Crippen LogP contribution in [0.25, 0.3) is 11.1 Å². The number of rotatable bonds is 3. The second kappa shape index (κ2) is 5.23. The summed E-state index contributed by atoms with van der Waals surface area (Å²) in [5.74, 6) is 0.880. The summed E-state index contributed by atoms with van der Waals surface area (Å²) < 4.78 is 6.42. The van der Waals surface area contributed by atoms with Gasteiger partial charge in [0.05, 0.1) is 7.11 Å². The van der Waals surface area contributed by atoms with Crippen LogP contribution in [0.4, 0.5) is 5.69 Å². The monoisotopic (exact) mass is 291 g/mol. The van der Waals surface area contributed by atoms with E-state index in [-0.39, 0.29) is 0 Å². The molecule has 0 unspecified atom stereocenters. The zero-order chi connectivity index (χ0) is 12.3. The van der Waals surface area contributed by atoms with Crippen molar-refractivity contribution >= 4 is 21.6 Å². The average Bonchev–Trinajstić information content (AvgIpc) is 2.39. The van der Waals surface area contributed by atoms with Crippen LogP contribution in [0, 0.1) is 0 Å². The van der Waals surface area contributed by atoms with Crippen LogP contribution in [0.1, 0.15) is 0 Å². The minimum atomic E-state index is 0.880. The molecule has 0 atom stereocenters. The molecule has 1 N–H and O–H groups in total. The van der Waals surface area contributed by atoms with Crippen molar-refractivity contribution in [3.63, 3.8) is 0 Å². The maximum atomic E-state index is 5.37.